The van der Waals surface area contributed by atoms with Gasteiger partial charge in [-0.25, -0.2) is 0 Å². The largest absolute Gasteiger partial charge is 0.324 e. The monoisotopic (exact) mass is 382 g/mol. The van der Waals surface area contributed by atoms with Gasteiger partial charge >= 0.3 is 0 Å². The van der Waals surface area contributed by atoms with Crippen molar-refractivity contribution in [1.82, 2.24) is 5.32 Å². The van der Waals surface area contributed by atoms with E-state index in [2.05, 4.69) is 5.32 Å². The van der Waals surface area contributed by atoms with E-state index in [0.717, 1.165) is 6.21 Å². The normalized spacial score (nSPS) is 10.8. The molecule has 0 aliphatic heterocycles. The fraction of sp³-hybridized carbons (Fsp3) is 0.100. The van der Waals surface area contributed by atoms with Crippen molar-refractivity contribution in [3.63, 3.8) is 0 Å². The average Bonchev–Trinajstić information content (AvgIpc) is 2.63. The highest BCUT2D eigenvalue weighted by Gasteiger charge is 2.16. The van der Waals surface area contributed by atoms with Gasteiger partial charge in [0, 0.05) is 24.2 Å². The zero-order valence-corrected chi connectivity index (χ0v) is 15.5. The van der Waals surface area contributed by atoms with Gasteiger partial charge in [-0.15, -0.1) is 0 Å². The molecule has 0 atom stereocenters. The zero-order chi connectivity index (χ0) is 19.8. The van der Waals surface area contributed by atoms with Crippen molar-refractivity contribution >= 4 is 41.2 Å². The summed E-state index contributed by atoms with van der Waals surface area (Å²) in [7, 11) is 0. The molecule has 3 N–H and O–H groups in total. The van der Waals surface area contributed by atoms with Gasteiger partial charge < -0.3 is 10.7 Å². The Bertz CT molecular complexity index is 894. The Morgan fingerprint density at radius 3 is 2.33 bits per heavy atom. The van der Waals surface area contributed by atoms with Crippen LogP contribution in [-0.4, -0.2) is 23.9 Å². The molecule has 0 aromatic heterocycles. The van der Waals surface area contributed by atoms with Gasteiger partial charge in [0.2, 0.25) is 11.8 Å². The van der Waals surface area contributed by atoms with Gasteiger partial charge in [-0.05, 0) is 23.8 Å². The Balaban J connectivity index is 2.15. The average molecular weight is 383 g/mol. The van der Waals surface area contributed by atoms with Crippen molar-refractivity contribution in [2.75, 3.05) is 4.90 Å². The van der Waals surface area contributed by atoms with Crippen LogP contribution in [0.1, 0.15) is 12.5 Å². The van der Waals surface area contributed by atoms with E-state index in [9.17, 15) is 9.59 Å². The van der Waals surface area contributed by atoms with Crippen LogP contribution in [0.15, 0.2) is 66.4 Å². The maximum atomic E-state index is 12.2. The van der Waals surface area contributed by atoms with E-state index in [4.69, 9.17) is 22.4 Å². The fourth-order valence-corrected chi connectivity index (χ4v) is 2.62. The summed E-state index contributed by atoms with van der Waals surface area (Å²) in [5, 5.41) is 18.7. The molecule has 0 unspecified atom stereocenters. The molecule has 27 heavy (non-hydrogen) atoms. The Morgan fingerprint density at radius 2 is 1.74 bits per heavy atom. The molecule has 0 spiro atoms. The molecule has 0 radical (unpaired) electrons. The van der Waals surface area contributed by atoms with Crippen molar-refractivity contribution in [2.24, 2.45) is 0 Å². The van der Waals surface area contributed by atoms with E-state index in [0.29, 0.717) is 16.3 Å². The van der Waals surface area contributed by atoms with E-state index >= 15 is 0 Å². The smallest absolute Gasteiger partial charge is 0.229 e. The van der Waals surface area contributed by atoms with Crippen molar-refractivity contribution in [1.29, 1.82) is 10.8 Å². The zero-order valence-electron chi connectivity index (χ0n) is 14.7. The van der Waals surface area contributed by atoms with Crippen molar-refractivity contribution in [3.05, 3.63) is 77.0 Å². The number of rotatable bonds is 6. The quantitative estimate of drug-likeness (QED) is 0.526. The molecule has 0 aliphatic rings. The van der Waals surface area contributed by atoms with Gasteiger partial charge in [0.1, 0.15) is 5.84 Å². The van der Waals surface area contributed by atoms with E-state index < -0.39 is 0 Å². The summed E-state index contributed by atoms with van der Waals surface area (Å²) in [5.41, 5.74) is 1.28. The molecule has 2 amide bonds. The minimum absolute atomic E-state index is 0.0350. The van der Waals surface area contributed by atoms with Crippen LogP contribution < -0.4 is 10.2 Å². The van der Waals surface area contributed by atoms with Crippen LogP contribution in [-0.2, 0) is 16.0 Å². The van der Waals surface area contributed by atoms with Crippen molar-refractivity contribution < 1.29 is 9.59 Å². The first-order valence-electron chi connectivity index (χ1n) is 8.12. The van der Waals surface area contributed by atoms with E-state index in [1.807, 2.05) is 0 Å². The molecular formula is C20H19ClN4O2. The molecule has 0 fully saturated rings. The van der Waals surface area contributed by atoms with Gasteiger partial charge in [-0.1, -0.05) is 48.0 Å². The number of carbonyl (C=O) groups is 2. The molecular weight excluding hydrogens is 364 g/mol. The Kier molecular flexibility index (Phi) is 7.02. The number of hydrogen-bond acceptors (Lipinski definition) is 4. The molecule has 2 aromatic rings. The van der Waals surface area contributed by atoms with Crippen molar-refractivity contribution in [2.45, 2.75) is 13.3 Å². The number of allylic oxidation sites excluding steroid dienone is 1. The first-order chi connectivity index (χ1) is 12.9. The van der Waals surface area contributed by atoms with Crippen LogP contribution >= 0.6 is 11.6 Å². The van der Waals surface area contributed by atoms with Gasteiger partial charge in [-0.2, -0.15) is 0 Å². The lowest BCUT2D eigenvalue weighted by atomic mass is 10.1. The topological polar surface area (TPSA) is 97.1 Å². The number of benzene rings is 2. The summed E-state index contributed by atoms with van der Waals surface area (Å²) in [4.78, 5) is 25.4. The fourth-order valence-electron chi connectivity index (χ4n) is 2.41. The lowest BCUT2D eigenvalue weighted by Crippen LogP contribution is -2.35. The van der Waals surface area contributed by atoms with Gasteiger partial charge in [-0.3, -0.25) is 19.9 Å². The molecule has 6 nitrogen and oxygen atoms in total. The Morgan fingerprint density at radius 1 is 1.11 bits per heavy atom. The molecule has 7 heteroatoms. The third-order valence-corrected chi connectivity index (χ3v) is 3.98. The molecule has 0 bridgehead atoms. The molecule has 138 valence electrons. The molecule has 0 aliphatic carbocycles. The maximum Gasteiger partial charge on any atom is 0.229 e. The summed E-state index contributed by atoms with van der Waals surface area (Å²) in [6.07, 6.45) is 2.21. The number of para-hydroxylation sites is 1. The number of nitrogens with zero attached hydrogens (tertiary/aromatic N) is 1. The number of hydrogen-bond donors (Lipinski definition) is 3. The van der Waals surface area contributed by atoms with Crippen molar-refractivity contribution in [3.8, 4) is 0 Å². The lowest BCUT2D eigenvalue weighted by molar-refractivity contribution is -0.119. The second-order valence-corrected chi connectivity index (χ2v) is 6.04. The predicted molar refractivity (Wildman–Crippen MR) is 107 cm³/mol. The van der Waals surface area contributed by atoms with Crippen LogP contribution in [0.3, 0.4) is 0 Å². The molecule has 0 heterocycles. The minimum atomic E-state index is -0.375. The van der Waals surface area contributed by atoms with Crippen LogP contribution in [0.2, 0.25) is 5.02 Å². The van der Waals surface area contributed by atoms with E-state index in [-0.39, 0.29) is 29.8 Å². The van der Waals surface area contributed by atoms with Gasteiger partial charge in [0.25, 0.3) is 0 Å². The van der Waals surface area contributed by atoms with Crippen LogP contribution in [0.4, 0.5) is 5.69 Å². The molecule has 0 saturated heterocycles. The minimum Gasteiger partial charge on any atom is -0.324 e. The van der Waals surface area contributed by atoms with Crippen LogP contribution in [0.25, 0.3) is 0 Å². The number of amidine groups is 1. The highest BCUT2D eigenvalue weighted by atomic mass is 35.5. The van der Waals surface area contributed by atoms with Crippen LogP contribution in [0.5, 0.6) is 0 Å². The van der Waals surface area contributed by atoms with E-state index in [1.54, 1.807) is 54.6 Å². The SMILES string of the molecule is CC(=O)N(C(=N)/C=C(\C=N)NC(=O)Cc1ccccc1Cl)c1ccccc1. The summed E-state index contributed by atoms with van der Waals surface area (Å²) < 4.78 is 0. The summed E-state index contributed by atoms with van der Waals surface area (Å²) in [6, 6.07) is 15.7. The summed E-state index contributed by atoms with van der Waals surface area (Å²) in [5.74, 6) is -0.890. The Hall–Kier alpha value is -3.25. The lowest BCUT2D eigenvalue weighted by Gasteiger charge is -2.20. The second kappa shape index (κ2) is 9.45. The number of amides is 2. The molecule has 2 rings (SSSR count). The first kappa shape index (κ1) is 20.1. The molecule has 0 saturated carbocycles. The van der Waals surface area contributed by atoms with Crippen LogP contribution in [0, 0.1) is 10.8 Å². The summed E-state index contributed by atoms with van der Waals surface area (Å²) in [6.45, 7) is 1.34. The third-order valence-electron chi connectivity index (χ3n) is 3.61. The second-order valence-electron chi connectivity index (χ2n) is 5.64. The highest BCUT2D eigenvalue weighted by Crippen LogP contribution is 2.16. The standard InChI is InChI=1S/C20H19ClN4O2/c1-14(26)25(17-8-3-2-4-9-17)19(23)12-16(13-22)24-20(27)11-15-7-5-6-10-18(15)21/h2-10,12-13,22-23H,11H2,1H3,(H,24,27)/b16-12+,22-13?,23-19?. The maximum absolute atomic E-state index is 12.2. The highest BCUT2D eigenvalue weighted by molar-refractivity contribution is 6.31. The third kappa shape index (κ3) is 5.62. The number of carbonyl (C=O) groups excluding carboxylic acids is 2. The van der Waals surface area contributed by atoms with Gasteiger partial charge in [0.15, 0.2) is 0 Å². The van der Waals surface area contributed by atoms with Gasteiger partial charge in [0.05, 0.1) is 17.8 Å². The molecule has 2 aromatic carbocycles. The number of halogens is 1. The van der Waals surface area contributed by atoms with E-state index in [1.165, 1.54) is 17.9 Å². The first-order valence-corrected chi connectivity index (χ1v) is 8.50. The predicted octanol–water partition coefficient (Wildman–Crippen LogP) is 3.56. The number of nitrogens with one attached hydrogen (secondary N) is 3. The Labute approximate surface area is 162 Å². The summed E-state index contributed by atoms with van der Waals surface area (Å²) >= 11 is 6.05. The number of anilines is 1.